The molecule has 4 rings (SSSR count). The molecule has 1 aromatic heterocycles. The van der Waals surface area contributed by atoms with E-state index in [4.69, 9.17) is 17.0 Å². The Balaban J connectivity index is 1.63. The molecule has 4 aromatic rings. The fraction of sp³-hybridized carbons (Fsp3) is 0.120. The molecule has 0 saturated carbocycles. The van der Waals surface area contributed by atoms with Gasteiger partial charge in [-0.2, -0.15) is 0 Å². The molecular weight excluding hydrogens is 424 g/mol. The van der Waals surface area contributed by atoms with Crippen molar-refractivity contribution in [3.63, 3.8) is 0 Å². The SMILES string of the molecule is CC(C)OC(=O)c1c(-c2ccccc2)csc1NC(=S)Nc1cccc2ccccc12. The highest BCUT2D eigenvalue weighted by molar-refractivity contribution is 7.80. The van der Waals surface area contributed by atoms with Gasteiger partial charge in [-0.25, -0.2) is 4.79 Å². The van der Waals surface area contributed by atoms with Gasteiger partial charge in [-0.1, -0.05) is 66.7 Å². The molecule has 0 unspecified atom stereocenters. The quantitative estimate of drug-likeness (QED) is 0.257. The van der Waals surface area contributed by atoms with Crippen LogP contribution in [0.25, 0.3) is 21.9 Å². The summed E-state index contributed by atoms with van der Waals surface area (Å²) in [6.45, 7) is 3.68. The van der Waals surface area contributed by atoms with Crippen LogP contribution in [0.15, 0.2) is 78.2 Å². The van der Waals surface area contributed by atoms with E-state index in [1.165, 1.54) is 11.3 Å². The molecule has 0 amide bonds. The molecule has 31 heavy (non-hydrogen) atoms. The first-order valence-corrected chi connectivity index (χ1v) is 11.3. The number of hydrogen-bond donors (Lipinski definition) is 2. The van der Waals surface area contributed by atoms with Gasteiger partial charge in [0, 0.05) is 22.0 Å². The minimum absolute atomic E-state index is 0.218. The highest BCUT2D eigenvalue weighted by Gasteiger charge is 2.23. The number of anilines is 2. The third-order valence-electron chi connectivity index (χ3n) is 4.69. The van der Waals surface area contributed by atoms with Gasteiger partial charge in [0.25, 0.3) is 0 Å². The molecular formula is C25H22N2O2S2. The second-order valence-corrected chi connectivity index (χ2v) is 8.57. The van der Waals surface area contributed by atoms with Gasteiger partial charge < -0.3 is 15.4 Å². The second-order valence-electron chi connectivity index (χ2n) is 7.28. The minimum Gasteiger partial charge on any atom is -0.459 e. The van der Waals surface area contributed by atoms with Crippen LogP contribution in [0.1, 0.15) is 24.2 Å². The number of ether oxygens (including phenoxy) is 1. The van der Waals surface area contributed by atoms with E-state index in [1.54, 1.807) is 0 Å². The highest BCUT2D eigenvalue weighted by Crippen LogP contribution is 2.36. The van der Waals surface area contributed by atoms with Crippen LogP contribution in [0.2, 0.25) is 0 Å². The molecule has 2 N–H and O–H groups in total. The minimum atomic E-state index is -0.370. The summed E-state index contributed by atoms with van der Waals surface area (Å²) in [4.78, 5) is 12.9. The number of carbonyl (C=O) groups excluding carboxylic acids is 1. The Hall–Kier alpha value is -3.22. The van der Waals surface area contributed by atoms with Crippen LogP contribution in [-0.2, 0) is 4.74 Å². The average molecular weight is 447 g/mol. The molecule has 156 valence electrons. The van der Waals surface area contributed by atoms with E-state index in [0.29, 0.717) is 15.7 Å². The fourth-order valence-electron chi connectivity index (χ4n) is 3.35. The van der Waals surface area contributed by atoms with Crippen molar-refractivity contribution in [3.8, 4) is 11.1 Å². The zero-order chi connectivity index (χ0) is 21.8. The van der Waals surface area contributed by atoms with Gasteiger partial charge >= 0.3 is 5.97 Å². The van der Waals surface area contributed by atoms with Crippen LogP contribution in [0, 0.1) is 0 Å². The van der Waals surface area contributed by atoms with Gasteiger partial charge in [-0.05, 0) is 43.1 Å². The van der Waals surface area contributed by atoms with Gasteiger partial charge in [0.1, 0.15) is 10.6 Å². The van der Waals surface area contributed by atoms with Crippen LogP contribution < -0.4 is 10.6 Å². The molecule has 0 aliphatic carbocycles. The Morgan fingerprint density at radius 1 is 0.935 bits per heavy atom. The first kappa shape index (κ1) is 21.0. The topological polar surface area (TPSA) is 50.4 Å². The lowest BCUT2D eigenvalue weighted by molar-refractivity contribution is 0.0380. The summed E-state index contributed by atoms with van der Waals surface area (Å²) in [6, 6.07) is 23.9. The highest BCUT2D eigenvalue weighted by atomic mass is 32.1. The number of thiophene rings is 1. The lowest BCUT2D eigenvalue weighted by Gasteiger charge is -2.14. The smallest absolute Gasteiger partial charge is 0.342 e. The molecule has 0 aliphatic heterocycles. The van der Waals surface area contributed by atoms with Gasteiger partial charge in [0.05, 0.1) is 6.10 Å². The van der Waals surface area contributed by atoms with E-state index < -0.39 is 0 Å². The molecule has 0 atom stereocenters. The van der Waals surface area contributed by atoms with Gasteiger partial charge in [0.2, 0.25) is 0 Å². The molecule has 3 aromatic carbocycles. The molecule has 0 aliphatic rings. The average Bonchev–Trinajstić information content (AvgIpc) is 3.17. The van der Waals surface area contributed by atoms with Crippen molar-refractivity contribution in [1.29, 1.82) is 0 Å². The number of rotatable bonds is 5. The molecule has 0 saturated heterocycles. The Morgan fingerprint density at radius 2 is 1.65 bits per heavy atom. The Bertz CT molecular complexity index is 1230. The van der Waals surface area contributed by atoms with Crippen molar-refractivity contribution in [1.82, 2.24) is 0 Å². The number of benzene rings is 3. The number of nitrogens with one attached hydrogen (secondary N) is 2. The summed E-state index contributed by atoms with van der Waals surface area (Å²) in [7, 11) is 0. The Kier molecular flexibility index (Phi) is 6.30. The van der Waals surface area contributed by atoms with E-state index in [0.717, 1.165) is 27.6 Å². The van der Waals surface area contributed by atoms with E-state index in [1.807, 2.05) is 79.9 Å². The van der Waals surface area contributed by atoms with Crippen LogP contribution in [0.3, 0.4) is 0 Å². The maximum Gasteiger partial charge on any atom is 0.342 e. The number of esters is 1. The largest absolute Gasteiger partial charge is 0.459 e. The van der Waals surface area contributed by atoms with Gasteiger partial charge in [-0.15, -0.1) is 11.3 Å². The third-order valence-corrected chi connectivity index (χ3v) is 5.79. The second kappa shape index (κ2) is 9.29. The molecule has 0 bridgehead atoms. The summed E-state index contributed by atoms with van der Waals surface area (Å²) in [6.07, 6.45) is -0.218. The van der Waals surface area contributed by atoms with Gasteiger partial charge in [0.15, 0.2) is 5.11 Å². The summed E-state index contributed by atoms with van der Waals surface area (Å²) in [5, 5.41) is 11.7. The molecule has 1 heterocycles. The van der Waals surface area contributed by atoms with Crippen LogP contribution in [0.4, 0.5) is 10.7 Å². The molecule has 0 fully saturated rings. The van der Waals surface area contributed by atoms with E-state index >= 15 is 0 Å². The Labute approximate surface area is 190 Å². The van der Waals surface area contributed by atoms with Gasteiger partial charge in [-0.3, -0.25) is 0 Å². The van der Waals surface area contributed by atoms with Crippen molar-refractivity contribution in [2.45, 2.75) is 20.0 Å². The number of carbonyl (C=O) groups is 1. The van der Waals surface area contributed by atoms with Crippen molar-refractivity contribution in [3.05, 3.63) is 83.7 Å². The van der Waals surface area contributed by atoms with E-state index in [-0.39, 0.29) is 12.1 Å². The number of hydrogen-bond acceptors (Lipinski definition) is 4. The number of fused-ring (bicyclic) bond motifs is 1. The van der Waals surface area contributed by atoms with Crippen molar-refractivity contribution >= 4 is 56.1 Å². The lowest BCUT2D eigenvalue weighted by atomic mass is 10.0. The third kappa shape index (κ3) is 4.76. The normalized spacial score (nSPS) is 10.8. The fourth-order valence-corrected chi connectivity index (χ4v) is 4.59. The molecule has 4 nitrogen and oxygen atoms in total. The Morgan fingerprint density at radius 3 is 2.42 bits per heavy atom. The summed E-state index contributed by atoms with van der Waals surface area (Å²) in [5.41, 5.74) is 3.18. The van der Waals surface area contributed by atoms with Crippen molar-refractivity contribution in [2.75, 3.05) is 10.6 Å². The molecule has 0 radical (unpaired) electrons. The van der Waals surface area contributed by atoms with E-state index in [9.17, 15) is 4.79 Å². The monoisotopic (exact) mass is 446 g/mol. The molecule has 6 heteroatoms. The standard InChI is InChI=1S/C25H22N2O2S2/c1-16(2)29-24(28)22-20(18-9-4-3-5-10-18)15-31-23(22)27-25(30)26-21-14-8-12-17-11-6-7-13-19(17)21/h3-16H,1-2H3,(H2,26,27,30). The maximum absolute atomic E-state index is 12.9. The zero-order valence-corrected chi connectivity index (χ0v) is 18.8. The predicted molar refractivity (Wildman–Crippen MR) is 134 cm³/mol. The van der Waals surface area contributed by atoms with Crippen molar-refractivity contribution in [2.24, 2.45) is 0 Å². The summed E-state index contributed by atoms with van der Waals surface area (Å²) < 4.78 is 5.52. The van der Waals surface area contributed by atoms with Crippen molar-refractivity contribution < 1.29 is 9.53 Å². The van der Waals surface area contributed by atoms with Crippen LogP contribution >= 0.6 is 23.6 Å². The summed E-state index contributed by atoms with van der Waals surface area (Å²) >= 11 is 7.00. The lowest BCUT2D eigenvalue weighted by Crippen LogP contribution is -2.21. The summed E-state index contributed by atoms with van der Waals surface area (Å²) in [5.74, 6) is -0.370. The molecule has 0 spiro atoms. The number of thiocarbonyl (C=S) groups is 1. The zero-order valence-electron chi connectivity index (χ0n) is 17.2. The maximum atomic E-state index is 12.9. The first-order valence-electron chi connectivity index (χ1n) is 9.96. The van der Waals surface area contributed by atoms with E-state index in [2.05, 4.69) is 22.8 Å². The predicted octanol–water partition coefficient (Wildman–Crippen LogP) is 6.94. The first-order chi connectivity index (χ1) is 15.0. The van der Waals surface area contributed by atoms with Crippen LogP contribution in [-0.4, -0.2) is 17.2 Å². The van der Waals surface area contributed by atoms with Crippen LogP contribution in [0.5, 0.6) is 0 Å².